The van der Waals surface area contributed by atoms with Crippen molar-refractivity contribution in [3.05, 3.63) is 64.4 Å². The second-order valence-electron chi connectivity index (χ2n) is 6.53. The van der Waals surface area contributed by atoms with Crippen LogP contribution in [0.3, 0.4) is 0 Å². The summed E-state index contributed by atoms with van der Waals surface area (Å²) in [5.74, 6) is 2.30. The van der Waals surface area contributed by atoms with Crippen LogP contribution in [0.2, 0.25) is 5.02 Å². The summed E-state index contributed by atoms with van der Waals surface area (Å²) >= 11 is 5.94. The first-order chi connectivity index (χ1) is 12.9. The summed E-state index contributed by atoms with van der Waals surface area (Å²) in [5, 5.41) is 3.84. The van der Waals surface area contributed by atoms with E-state index in [1.807, 2.05) is 23.6 Å². The summed E-state index contributed by atoms with van der Waals surface area (Å²) in [6.07, 6.45) is 0. The normalized spacial score (nSPS) is 11.1. The Morgan fingerprint density at radius 2 is 1.63 bits per heavy atom. The number of nitrogens with one attached hydrogen (secondary N) is 1. The van der Waals surface area contributed by atoms with Crippen LogP contribution in [0.1, 0.15) is 17.0 Å². The highest BCUT2D eigenvalue weighted by Gasteiger charge is 2.14. The summed E-state index contributed by atoms with van der Waals surface area (Å²) in [6, 6.07) is 13.3. The lowest BCUT2D eigenvalue weighted by Crippen LogP contribution is -2.07. The molecule has 4 rings (SSSR count). The zero-order valence-corrected chi connectivity index (χ0v) is 16.0. The van der Waals surface area contributed by atoms with Gasteiger partial charge < -0.3 is 11.1 Å². The summed E-state index contributed by atoms with van der Waals surface area (Å²) in [6.45, 7) is 6.12. The molecule has 0 bridgehead atoms. The summed E-state index contributed by atoms with van der Waals surface area (Å²) < 4.78 is 1.99. The average molecular weight is 379 g/mol. The van der Waals surface area contributed by atoms with Gasteiger partial charge in [-0.3, -0.25) is 4.57 Å². The standard InChI is InChI=1S/C20H19ClN6/c1-11-8-16-17(9-12(11)2)27(13(3)23-16)19-10-18(22)25-20(26-19)24-15-6-4-14(21)5-7-15/h4-10H,1-3H3,(H3,22,24,25,26). The molecule has 136 valence electrons. The first-order valence-electron chi connectivity index (χ1n) is 8.54. The van der Waals surface area contributed by atoms with E-state index < -0.39 is 0 Å². The number of imidazole rings is 1. The molecule has 0 radical (unpaired) electrons. The van der Waals surface area contributed by atoms with Crippen LogP contribution >= 0.6 is 11.6 Å². The molecule has 2 heterocycles. The van der Waals surface area contributed by atoms with E-state index in [1.165, 1.54) is 11.1 Å². The van der Waals surface area contributed by atoms with Gasteiger partial charge in [0.25, 0.3) is 0 Å². The van der Waals surface area contributed by atoms with E-state index in [2.05, 4.69) is 46.2 Å². The fraction of sp³-hybridized carbons (Fsp3) is 0.150. The monoisotopic (exact) mass is 378 g/mol. The quantitative estimate of drug-likeness (QED) is 0.539. The molecule has 2 aromatic heterocycles. The zero-order chi connectivity index (χ0) is 19.1. The molecule has 7 heteroatoms. The fourth-order valence-corrected chi connectivity index (χ4v) is 3.15. The minimum atomic E-state index is 0.376. The van der Waals surface area contributed by atoms with Crippen LogP contribution in [-0.2, 0) is 0 Å². The number of benzene rings is 2. The van der Waals surface area contributed by atoms with Gasteiger partial charge in [0, 0.05) is 16.8 Å². The molecule has 27 heavy (non-hydrogen) atoms. The maximum absolute atomic E-state index is 6.05. The lowest BCUT2D eigenvalue weighted by Gasteiger charge is -2.11. The number of aromatic nitrogens is 4. The summed E-state index contributed by atoms with van der Waals surface area (Å²) in [7, 11) is 0. The second kappa shape index (κ2) is 6.55. The number of nitrogens with two attached hydrogens (primary N) is 1. The van der Waals surface area contributed by atoms with Gasteiger partial charge in [0.1, 0.15) is 17.5 Å². The zero-order valence-electron chi connectivity index (χ0n) is 15.3. The molecule has 0 spiro atoms. The van der Waals surface area contributed by atoms with Crippen LogP contribution in [0, 0.1) is 20.8 Å². The molecule has 0 amide bonds. The van der Waals surface area contributed by atoms with E-state index in [4.69, 9.17) is 17.3 Å². The van der Waals surface area contributed by atoms with E-state index in [0.717, 1.165) is 22.5 Å². The van der Waals surface area contributed by atoms with Crippen LogP contribution in [0.15, 0.2) is 42.5 Å². The number of hydrogen-bond acceptors (Lipinski definition) is 5. The van der Waals surface area contributed by atoms with Crippen LogP contribution < -0.4 is 11.1 Å². The van der Waals surface area contributed by atoms with Gasteiger partial charge in [-0.2, -0.15) is 9.97 Å². The number of fused-ring (bicyclic) bond motifs is 1. The van der Waals surface area contributed by atoms with Gasteiger partial charge >= 0.3 is 0 Å². The number of nitrogen functional groups attached to an aromatic ring is 1. The Balaban J connectivity index is 1.81. The molecule has 0 atom stereocenters. The Hall–Kier alpha value is -3.12. The molecule has 0 aliphatic rings. The van der Waals surface area contributed by atoms with E-state index in [0.29, 0.717) is 22.6 Å². The molecule has 0 saturated heterocycles. The van der Waals surface area contributed by atoms with Crippen LogP contribution in [0.25, 0.3) is 16.9 Å². The lowest BCUT2D eigenvalue weighted by molar-refractivity contribution is 0.947. The van der Waals surface area contributed by atoms with Crippen molar-refractivity contribution in [2.45, 2.75) is 20.8 Å². The third-order valence-electron chi connectivity index (χ3n) is 4.50. The molecule has 0 fully saturated rings. The summed E-state index contributed by atoms with van der Waals surface area (Å²) in [5.41, 5.74) is 11.2. The number of rotatable bonds is 3. The van der Waals surface area contributed by atoms with Crippen molar-refractivity contribution in [1.29, 1.82) is 0 Å². The van der Waals surface area contributed by atoms with Crippen molar-refractivity contribution in [3.63, 3.8) is 0 Å². The van der Waals surface area contributed by atoms with E-state index in [-0.39, 0.29) is 0 Å². The highest BCUT2D eigenvalue weighted by molar-refractivity contribution is 6.30. The molecule has 4 aromatic rings. The largest absolute Gasteiger partial charge is 0.383 e. The molecule has 0 aliphatic heterocycles. The van der Waals surface area contributed by atoms with Crippen LogP contribution in [0.4, 0.5) is 17.5 Å². The van der Waals surface area contributed by atoms with Gasteiger partial charge in [0.05, 0.1) is 11.0 Å². The minimum absolute atomic E-state index is 0.376. The van der Waals surface area contributed by atoms with Gasteiger partial charge in [-0.25, -0.2) is 4.98 Å². The first kappa shape index (κ1) is 17.3. The van der Waals surface area contributed by atoms with Crippen molar-refractivity contribution in [3.8, 4) is 5.82 Å². The Morgan fingerprint density at radius 3 is 2.37 bits per heavy atom. The molecule has 3 N–H and O–H groups in total. The number of halogens is 1. The Labute approximate surface area is 162 Å². The van der Waals surface area contributed by atoms with Crippen molar-refractivity contribution < 1.29 is 0 Å². The SMILES string of the molecule is Cc1cc2nc(C)n(-c3cc(N)nc(Nc4ccc(Cl)cc4)n3)c2cc1C. The van der Waals surface area contributed by atoms with Gasteiger partial charge in [-0.05, 0) is 68.3 Å². The van der Waals surface area contributed by atoms with Crippen molar-refractivity contribution in [2.24, 2.45) is 0 Å². The molecule has 0 unspecified atom stereocenters. The minimum Gasteiger partial charge on any atom is -0.383 e. The Morgan fingerprint density at radius 1 is 0.926 bits per heavy atom. The van der Waals surface area contributed by atoms with Crippen molar-refractivity contribution >= 4 is 40.1 Å². The number of hydrogen-bond donors (Lipinski definition) is 2. The maximum atomic E-state index is 6.05. The first-order valence-corrected chi connectivity index (χ1v) is 8.92. The van der Waals surface area contributed by atoms with Gasteiger partial charge in [0.15, 0.2) is 0 Å². The molecular weight excluding hydrogens is 360 g/mol. The lowest BCUT2D eigenvalue weighted by atomic mass is 10.1. The van der Waals surface area contributed by atoms with Gasteiger partial charge in [0.2, 0.25) is 5.95 Å². The molecule has 6 nitrogen and oxygen atoms in total. The molecule has 2 aromatic carbocycles. The highest BCUT2D eigenvalue weighted by Crippen LogP contribution is 2.25. The van der Waals surface area contributed by atoms with Crippen molar-refractivity contribution in [1.82, 2.24) is 19.5 Å². The third kappa shape index (κ3) is 3.31. The van der Waals surface area contributed by atoms with Crippen molar-refractivity contribution in [2.75, 3.05) is 11.1 Å². The van der Waals surface area contributed by atoms with E-state index >= 15 is 0 Å². The average Bonchev–Trinajstić information content (AvgIpc) is 2.92. The van der Waals surface area contributed by atoms with E-state index in [9.17, 15) is 0 Å². The Bertz CT molecular complexity index is 1150. The third-order valence-corrected chi connectivity index (χ3v) is 4.75. The number of nitrogens with zero attached hydrogens (tertiary/aromatic N) is 4. The molecular formula is C20H19ClN6. The highest BCUT2D eigenvalue weighted by atomic mass is 35.5. The smallest absolute Gasteiger partial charge is 0.231 e. The number of aryl methyl sites for hydroxylation is 3. The summed E-state index contributed by atoms with van der Waals surface area (Å²) in [4.78, 5) is 13.6. The van der Waals surface area contributed by atoms with Crippen LogP contribution in [0.5, 0.6) is 0 Å². The fourth-order valence-electron chi connectivity index (χ4n) is 3.03. The molecule has 0 aliphatic carbocycles. The van der Waals surface area contributed by atoms with Gasteiger partial charge in [-0.1, -0.05) is 11.6 Å². The van der Waals surface area contributed by atoms with E-state index in [1.54, 1.807) is 18.2 Å². The second-order valence-corrected chi connectivity index (χ2v) is 6.96. The topological polar surface area (TPSA) is 81.7 Å². The van der Waals surface area contributed by atoms with Crippen LogP contribution in [-0.4, -0.2) is 19.5 Å². The maximum Gasteiger partial charge on any atom is 0.231 e. The molecule has 0 saturated carbocycles. The predicted molar refractivity (Wildman–Crippen MR) is 110 cm³/mol. The predicted octanol–water partition coefficient (Wildman–Crippen LogP) is 4.72. The number of anilines is 3. The Kier molecular flexibility index (Phi) is 4.20. The van der Waals surface area contributed by atoms with Gasteiger partial charge in [-0.15, -0.1) is 0 Å².